The van der Waals surface area contributed by atoms with Crippen LogP contribution in [0.4, 0.5) is 0 Å². The van der Waals surface area contributed by atoms with Crippen LogP contribution < -0.4 is 0 Å². The normalized spacial score (nSPS) is 16.8. The van der Waals surface area contributed by atoms with Gasteiger partial charge in [0.15, 0.2) is 5.78 Å². The molecule has 3 nitrogen and oxygen atoms in total. The van der Waals surface area contributed by atoms with E-state index in [2.05, 4.69) is 5.10 Å². The second-order valence-corrected chi connectivity index (χ2v) is 2.98. The van der Waals surface area contributed by atoms with Crippen LogP contribution in [0, 0.1) is 0 Å². The Kier molecular flexibility index (Phi) is 1.57. The maximum Gasteiger partial charge on any atom is 0.156 e. The predicted octanol–water partition coefficient (Wildman–Crippen LogP) is 1.17. The van der Waals surface area contributed by atoms with Crippen molar-refractivity contribution < 1.29 is 4.79 Å². The Morgan fingerprint density at radius 1 is 1.50 bits per heavy atom. The number of carbonyl (C=O) groups is 1. The molecule has 0 spiro atoms. The number of ketones is 1. The lowest BCUT2D eigenvalue weighted by atomic mass is 10.2. The molecule has 0 N–H and O–H groups in total. The number of aromatic nitrogens is 2. The summed E-state index contributed by atoms with van der Waals surface area (Å²) in [4.78, 5) is 11.0. The van der Waals surface area contributed by atoms with Gasteiger partial charge in [-0.05, 0) is 24.1 Å². The van der Waals surface area contributed by atoms with Crippen LogP contribution in [0.3, 0.4) is 0 Å². The Morgan fingerprint density at radius 2 is 2.33 bits per heavy atom. The number of hydrogen-bond donors (Lipinski definition) is 0. The van der Waals surface area contributed by atoms with E-state index < -0.39 is 0 Å². The molecule has 0 radical (unpaired) electrons. The highest BCUT2D eigenvalue weighted by atomic mass is 16.1. The molecule has 0 fully saturated rings. The second-order valence-electron chi connectivity index (χ2n) is 2.98. The molecule has 0 saturated carbocycles. The number of aryl methyl sites for hydroxylation is 1. The summed E-state index contributed by atoms with van der Waals surface area (Å²) in [5.74, 6) is 0.228. The monoisotopic (exact) mass is 162 g/mol. The number of nitrogens with zero attached hydrogens (tertiary/aromatic N) is 2. The first-order valence-electron chi connectivity index (χ1n) is 3.99. The molecule has 12 heavy (non-hydrogen) atoms. The van der Waals surface area contributed by atoms with Crippen LogP contribution in [0.25, 0.3) is 5.57 Å². The third-order valence-electron chi connectivity index (χ3n) is 2.13. The van der Waals surface area contributed by atoms with Crippen molar-refractivity contribution in [1.82, 2.24) is 9.78 Å². The number of hydrogen-bond acceptors (Lipinski definition) is 2. The molecule has 1 aromatic rings. The van der Waals surface area contributed by atoms with Gasteiger partial charge in [-0.2, -0.15) is 5.10 Å². The molecule has 0 bridgehead atoms. The van der Waals surface area contributed by atoms with Crippen LogP contribution in [-0.4, -0.2) is 15.6 Å². The number of carbonyl (C=O) groups excluding carboxylic acids is 1. The van der Waals surface area contributed by atoms with E-state index in [1.54, 1.807) is 17.0 Å². The topological polar surface area (TPSA) is 34.9 Å². The molecule has 3 heteroatoms. The molecule has 2 rings (SSSR count). The minimum absolute atomic E-state index is 0.228. The molecule has 1 heterocycles. The minimum atomic E-state index is 0.228. The minimum Gasteiger partial charge on any atom is -0.295 e. The van der Waals surface area contributed by atoms with Crippen molar-refractivity contribution in [1.29, 1.82) is 0 Å². The fourth-order valence-electron chi connectivity index (χ4n) is 1.49. The predicted molar refractivity (Wildman–Crippen MR) is 45.4 cm³/mol. The third-order valence-corrected chi connectivity index (χ3v) is 2.13. The molecule has 1 aromatic heterocycles. The molecule has 1 aliphatic carbocycles. The highest BCUT2D eigenvalue weighted by Crippen LogP contribution is 2.24. The van der Waals surface area contributed by atoms with Gasteiger partial charge in [0.2, 0.25) is 0 Å². The van der Waals surface area contributed by atoms with E-state index in [1.807, 2.05) is 13.1 Å². The lowest BCUT2D eigenvalue weighted by Gasteiger charge is -1.99. The Bertz CT molecular complexity index is 349. The molecule has 0 saturated heterocycles. The molecule has 0 aromatic carbocycles. The molecule has 0 atom stereocenters. The van der Waals surface area contributed by atoms with Gasteiger partial charge in [0, 0.05) is 19.7 Å². The van der Waals surface area contributed by atoms with Crippen LogP contribution in [0.15, 0.2) is 18.3 Å². The van der Waals surface area contributed by atoms with Gasteiger partial charge in [0.1, 0.15) is 0 Å². The van der Waals surface area contributed by atoms with Crippen LogP contribution in [-0.2, 0) is 11.8 Å². The third kappa shape index (κ3) is 1.07. The van der Waals surface area contributed by atoms with Crippen molar-refractivity contribution in [2.45, 2.75) is 12.8 Å². The summed E-state index contributed by atoms with van der Waals surface area (Å²) in [6.45, 7) is 0. The SMILES string of the molecule is Cn1nccc1C1=CC(=O)CC1. The zero-order valence-corrected chi connectivity index (χ0v) is 6.95. The lowest BCUT2D eigenvalue weighted by Crippen LogP contribution is -1.95. The maximum absolute atomic E-state index is 11.0. The van der Waals surface area contributed by atoms with E-state index in [0.29, 0.717) is 6.42 Å². The van der Waals surface area contributed by atoms with Gasteiger partial charge in [0.25, 0.3) is 0 Å². The Balaban J connectivity index is 2.38. The zero-order chi connectivity index (χ0) is 8.55. The Labute approximate surface area is 70.7 Å². The molecule has 62 valence electrons. The van der Waals surface area contributed by atoms with Gasteiger partial charge < -0.3 is 0 Å². The van der Waals surface area contributed by atoms with Gasteiger partial charge in [-0.25, -0.2) is 0 Å². The molecule has 0 aliphatic heterocycles. The fraction of sp³-hybridized carbons (Fsp3) is 0.333. The van der Waals surface area contributed by atoms with Gasteiger partial charge in [-0.1, -0.05) is 0 Å². The van der Waals surface area contributed by atoms with E-state index in [0.717, 1.165) is 17.7 Å². The van der Waals surface area contributed by atoms with Crippen molar-refractivity contribution in [3.8, 4) is 0 Å². The molecule has 1 aliphatic rings. The van der Waals surface area contributed by atoms with Crippen molar-refractivity contribution in [3.63, 3.8) is 0 Å². The first kappa shape index (κ1) is 7.28. The lowest BCUT2D eigenvalue weighted by molar-refractivity contribution is -0.114. The first-order chi connectivity index (χ1) is 5.77. The number of allylic oxidation sites excluding steroid dienone is 2. The quantitative estimate of drug-likeness (QED) is 0.621. The summed E-state index contributed by atoms with van der Waals surface area (Å²) < 4.78 is 1.80. The molecular formula is C9H10N2O. The standard InChI is InChI=1S/C9H10N2O/c1-11-9(4-5-10-11)7-2-3-8(12)6-7/h4-6H,2-3H2,1H3. The summed E-state index contributed by atoms with van der Waals surface area (Å²) >= 11 is 0. The van der Waals surface area contributed by atoms with E-state index in [-0.39, 0.29) is 5.78 Å². The maximum atomic E-state index is 11.0. The Hall–Kier alpha value is -1.38. The van der Waals surface area contributed by atoms with Crippen molar-refractivity contribution in [2.75, 3.05) is 0 Å². The average Bonchev–Trinajstić information content (AvgIpc) is 2.58. The largest absolute Gasteiger partial charge is 0.295 e. The highest BCUT2D eigenvalue weighted by Gasteiger charge is 2.15. The summed E-state index contributed by atoms with van der Waals surface area (Å²) in [6, 6.07) is 1.93. The smallest absolute Gasteiger partial charge is 0.156 e. The Morgan fingerprint density at radius 3 is 2.83 bits per heavy atom. The van der Waals surface area contributed by atoms with Gasteiger partial charge in [0.05, 0.1) is 5.69 Å². The highest BCUT2D eigenvalue weighted by molar-refractivity contribution is 6.01. The molecule has 0 amide bonds. The summed E-state index contributed by atoms with van der Waals surface area (Å²) in [6.07, 6.45) is 4.98. The van der Waals surface area contributed by atoms with E-state index >= 15 is 0 Å². The zero-order valence-electron chi connectivity index (χ0n) is 6.95. The average molecular weight is 162 g/mol. The van der Waals surface area contributed by atoms with E-state index in [9.17, 15) is 4.79 Å². The van der Waals surface area contributed by atoms with Gasteiger partial charge >= 0.3 is 0 Å². The van der Waals surface area contributed by atoms with Crippen LogP contribution in [0.5, 0.6) is 0 Å². The summed E-state index contributed by atoms with van der Waals surface area (Å²) in [5, 5.41) is 4.05. The van der Waals surface area contributed by atoms with Crippen molar-refractivity contribution in [2.24, 2.45) is 7.05 Å². The van der Waals surface area contributed by atoms with E-state index in [1.165, 1.54) is 0 Å². The van der Waals surface area contributed by atoms with Crippen LogP contribution in [0.1, 0.15) is 18.5 Å². The summed E-state index contributed by atoms with van der Waals surface area (Å²) in [7, 11) is 1.89. The molecular weight excluding hydrogens is 152 g/mol. The van der Waals surface area contributed by atoms with Crippen LogP contribution in [0.2, 0.25) is 0 Å². The second kappa shape index (κ2) is 2.59. The van der Waals surface area contributed by atoms with E-state index in [4.69, 9.17) is 0 Å². The van der Waals surface area contributed by atoms with Crippen LogP contribution >= 0.6 is 0 Å². The number of rotatable bonds is 1. The van der Waals surface area contributed by atoms with Crippen molar-refractivity contribution in [3.05, 3.63) is 24.0 Å². The van der Waals surface area contributed by atoms with Gasteiger partial charge in [-0.15, -0.1) is 0 Å². The van der Waals surface area contributed by atoms with Crippen molar-refractivity contribution >= 4 is 11.4 Å². The first-order valence-corrected chi connectivity index (χ1v) is 3.99. The summed E-state index contributed by atoms with van der Waals surface area (Å²) in [5.41, 5.74) is 2.17. The fourth-order valence-corrected chi connectivity index (χ4v) is 1.49. The van der Waals surface area contributed by atoms with Gasteiger partial charge in [-0.3, -0.25) is 9.48 Å². The molecule has 0 unspecified atom stereocenters.